The quantitative estimate of drug-likeness (QED) is 0.349. The summed E-state index contributed by atoms with van der Waals surface area (Å²) in [7, 11) is -2.20. The molecule has 1 N–H and O–H groups in total. The summed E-state index contributed by atoms with van der Waals surface area (Å²) < 4.78 is 2.88. The van der Waals surface area contributed by atoms with Crippen molar-refractivity contribution in [2.24, 2.45) is 0 Å². The van der Waals surface area contributed by atoms with Crippen molar-refractivity contribution in [3.8, 4) is 0 Å². The Labute approximate surface area is 161 Å². The van der Waals surface area contributed by atoms with Crippen molar-refractivity contribution in [1.82, 2.24) is 0 Å². The molecular weight excluding hydrogens is 435 g/mol. The van der Waals surface area contributed by atoms with Gasteiger partial charge in [-0.25, -0.2) is 0 Å². The van der Waals surface area contributed by atoms with E-state index in [1.807, 2.05) is 25.2 Å². The first kappa shape index (κ1) is 18.1. The molecule has 0 saturated carbocycles. The van der Waals surface area contributed by atoms with Gasteiger partial charge in [0.25, 0.3) is 0 Å². The van der Waals surface area contributed by atoms with Gasteiger partial charge in [0.05, 0.1) is 0 Å². The Bertz CT molecular complexity index is 832. The van der Waals surface area contributed by atoms with Crippen molar-refractivity contribution in [2.75, 3.05) is 0 Å². The summed E-state index contributed by atoms with van der Waals surface area (Å²) in [5.41, 5.74) is 2.37. The molecule has 0 aliphatic heterocycles. The van der Waals surface area contributed by atoms with E-state index in [0.29, 0.717) is 0 Å². The van der Waals surface area contributed by atoms with Gasteiger partial charge in [0.15, 0.2) is 0 Å². The maximum atomic E-state index is 10.1. The first-order valence-corrected chi connectivity index (χ1v) is 13.4. The van der Waals surface area contributed by atoms with Crippen LogP contribution in [0.3, 0.4) is 0 Å². The van der Waals surface area contributed by atoms with Crippen LogP contribution in [-0.4, -0.2) is 13.1 Å². The predicted octanol–water partition coefficient (Wildman–Crippen LogP) is 1.39. The molecule has 0 aromatic heterocycles. The Kier molecular flexibility index (Phi) is 5.88. The van der Waals surface area contributed by atoms with Crippen LogP contribution in [0.15, 0.2) is 78.9 Å². The second-order valence-electron chi connectivity index (χ2n) is 6.46. The topological polar surface area (TPSA) is 20.2 Å². The van der Waals surface area contributed by atoms with Crippen LogP contribution >= 0.6 is 0 Å². The summed E-state index contributed by atoms with van der Waals surface area (Å²) in [6, 6.07) is 27.8. The third kappa shape index (κ3) is 5.39. The van der Waals surface area contributed by atoms with E-state index >= 15 is 0 Å². The number of benzene rings is 3. The molecule has 0 unspecified atom stereocenters. The Morgan fingerprint density at radius 1 is 0.680 bits per heavy atom. The molecule has 0 amide bonds. The molecule has 0 bridgehead atoms. The van der Waals surface area contributed by atoms with Crippen LogP contribution in [-0.2, 0) is 0 Å². The SMILES string of the molecule is C[Si](C)(O)c1ccc(/C=C/c2ccc([I-]c3ccccc3)cc2)cc1. The van der Waals surface area contributed by atoms with E-state index in [4.69, 9.17) is 0 Å². The van der Waals surface area contributed by atoms with Crippen LogP contribution < -0.4 is 26.4 Å². The fourth-order valence-corrected chi connectivity index (χ4v) is 5.63. The molecule has 0 fully saturated rings. The molecule has 0 aliphatic carbocycles. The number of hydrogen-bond acceptors (Lipinski definition) is 1. The van der Waals surface area contributed by atoms with Crippen molar-refractivity contribution >= 4 is 25.7 Å². The van der Waals surface area contributed by atoms with E-state index in [9.17, 15) is 4.80 Å². The van der Waals surface area contributed by atoms with Gasteiger partial charge in [0.1, 0.15) is 0 Å². The second kappa shape index (κ2) is 8.12. The number of halogens is 1. The fraction of sp³-hybridized carbons (Fsp3) is 0.0909. The molecule has 0 radical (unpaired) electrons. The van der Waals surface area contributed by atoms with Gasteiger partial charge in [-0.2, -0.15) is 0 Å². The van der Waals surface area contributed by atoms with Crippen LogP contribution in [0.5, 0.6) is 0 Å². The third-order valence-corrected chi connectivity index (χ3v) is 8.34. The van der Waals surface area contributed by atoms with Crippen LogP contribution in [0.25, 0.3) is 12.2 Å². The maximum absolute atomic E-state index is 10.1. The molecule has 3 heteroatoms. The first-order chi connectivity index (χ1) is 12.0. The van der Waals surface area contributed by atoms with Gasteiger partial charge in [-0.3, -0.25) is 0 Å². The fourth-order valence-electron chi connectivity index (χ4n) is 2.44. The molecule has 0 aliphatic rings. The Morgan fingerprint density at radius 3 is 1.68 bits per heavy atom. The Morgan fingerprint density at radius 2 is 1.16 bits per heavy atom. The zero-order chi connectivity index (χ0) is 17.7. The van der Waals surface area contributed by atoms with E-state index in [0.717, 1.165) is 10.8 Å². The molecule has 0 atom stereocenters. The molecule has 1 nitrogen and oxygen atoms in total. The second-order valence-corrected chi connectivity index (χ2v) is 13.2. The average Bonchev–Trinajstić information content (AvgIpc) is 2.62. The number of rotatable bonds is 5. The monoisotopic (exact) mass is 457 g/mol. The van der Waals surface area contributed by atoms with Gasteiger partial charge in [-0.1, -0.05) is 0 Å². The molecule has 128 valence electrons. The average molecular weight is 457 g/mol. The number of hydrogen-bond donors (Lipinski definition) is 1. The molecule has 0 saturated heterocycles. The molecule has 3 aromatic carbocycles. The van der Waals surface area contributed by atoms with Gasteiger partial charge >= 0.3 is 162 Å². The van der Waals surface area contributed by atoms with Crippen LogP contribution in [0.4, 0.5) is 0 Å². The summed E-state index contributed by atoms with van der Waals surface area (Å²) in [5.74, 6) is 0. The Balaban J connectivity index is 1.66. The van der Waals surface area contributed by atoms with Gasteiger partial charge in [-0.15, -0.1) is 0 Å². The molecule has 0 spiro atoms. The van der Waals surface area contributed by atoms with Gasteiger partial charge in [0, 0.05) is 0 Å². The van der Waals surface area contributed by atoms with E-state index in [1.54, 1.807) is 0 Å². The molecule has 3 rings (SSSR count). The minimum atomic E-state index is -2.20. The van der Waals surface area contributed by atoms with E-state index in [1.165, 1.54) is 12.7 Å². The zero-order valence-corrected chi connectivity index (χ0v) is 17.6. The van der Waals surface area contributed by atoms with E-state index < -0.39 is 8.32 Å². The zero-order valence-electron chi connectivity index (χ0n) is 14.5. The summed E-state index contributed by atoms with van der Waals surface area (Å²) >= 11 is -0.0976. The summed E-state index contributed by atoms with van der Waals surface area (Å²) in [4.78, 5) is 10.1. The summed E-state index contributed by atoms with van der Waals surface area (Å²) in [6.07, 6.45) is 4.26. The van der Waals surface area contributed by atoms with Crippen molar-refractivity contribution in [1.29, 1.82) is 0 Å². The normalized spacial score (nSPS) is 12.0. The van der Waals surface area contributed by atoms with Crippen LogP contribution in [0.2, 0.25) is 13.1 Å². The van der Waals surface area contributed by atoms with Crippen LogP contribution in [0.1, 0.15) is 11.1 Å². The van der Waals surface area contributed by atoms with Crippen molar-refractivity contribution in [3.63, 3.8) is 0 Å². The predicted molar refractivity (Wildman–Crippen MR) is 105 cm³/mol. The van der Waals surface area contributed by atoms with Gasteiger partial charge < -0.3 is 0 Å². The van der Waals surface area contributed by atoms with E-state index in [2.05, 4.69) is 78.9 Å². The van der Waals surface area contributed by atoms with Crippen molar-refractivity contribution < 1.29 is 26.0 Å². The molecule has 3 aromatic rings. The third-order valence-electron chi connectivity index (χ3n) is 3.91. The summed E-state index contributed by atoms with van der Waals surface area (Å²) in [5, 5.41) is 1.07. The molecule has 25 heavy (non-hydrogen) atoms. The minimum absolute atomic E-state index is 0.0976. The molecular formula is C22H22IOSi-. The van der Waals surface area contributed by atoms with Crippen molar-refractivity contribution in [2.45, 2.75) is 13.1 Å². The molecule has 0 heterocycles. The van der Waals surface area contributed by atoms with E-state index in [-0.39, 0.29) is 21.2 Å². The summed E-state index contributed by atoms with van der Waals surface area (Å²) in [6.45, 7) is 3.88. The van der Waals surface area contributed by atoms with Gasteiger partial charge in [0.2, 0.25) is 0 Å². The standard InChI is InChI=1S/C22H22IOSi/c1-25(2,24)22-16-12-19(13-17-22)9-8-18-10-14-21(15-11-18)23-20-6-4-3-5-7-20/h3-17,24H,1-2H3/q-1/b9-8+. The van der Waals surface area contributed by atoms with Crippen molar-refractivity contribution in [3.05, 3.63) is 97.1 Å². The Hall–Kier alpha value is -1.69. The van der Waals surface area contributed by atoms with Gasteiger partial charge in [-0.05, 0) is 0 Å². The van der Waals surface area contributed by atoms with Crippen LogP contribution in [0, 0.1) is 7.14 Å². The first-order valence-electron chi connectivity index (χ1n) is 8.32.